The lowest BCUT2D eigenvalue weighted by atomic mass is 9.82. The summed E-state index contributed by atoms with van der Waals surface area (Å²) in [6, 6.07) is 0. The van der Waals surface area contributed by atoms with Crippen molar-refractivity contribution in [3.8, 4) is 0 Å². The van der Waals surface area contributed by atoms with Gasteiger partial charge in [0, 0.05) is 18.7 Å². The van der Waals surface area contributed by atoms with Crippen LogP contribution in [0.15, 0.2) is 40.9 Å². The van der Waals surface area contributed by atoms with Gasteiger partial charge in [0.05, 0.1) is 0 Å². The van der Waals surface area contributed by atoms with Crippen LogP contribution in [-0.4, -0.2) is 12.8 Å². The Morgan fingerprint density at radius 3 is 2.41 bits per heavy atom. The van der Waals surface area contributed by atoms with Gasteiger partial charge in [0.25, 0.3) is 0 Å². The van der Waals surface area contributed by atoms with Gasteiger partial charge in [-0.05, 0) is 24.3 Å². The van der Waals surface area contributed by atoms with Crippen molar-refractivity contribution in [1.82, 2.24) is 0 Å². The molecule has 0 aromatic rings. The summed E-state index contributed by atoms with van der Waals surface area (Å²) in [6.45, 7) is 13.1. The summed E-state index contributed by atoms with van der Waals surface area (Å²) in [4.78, 5) is 4.37. The monoisotopic (exact) mass is 231 g/mol. The van der Waals surface area contributed by atoms with E-state index >= 15 is 0 Å². The second-order valence-electron chi connectivity index (χ2n) is 5.53. The summed E-state index contributed by atoms with van der Waals surface area (Å²) in [5.41, 5.74) is 3.81. The molecule has 0 saturated heterocycles. The van der Waals surface area contributed by atoms with Gasteiger partial charge in [-0.25, -0.2) is 0 Å². The van der Waals surface area contributed by atoms with Crippen LogP contribution in [0.4, 0.5) is 0 Å². The number of aliphatic imine (C=N–C) groups is 1. The maximum atomic E-state index is 4.37. The Hall–Kier alpha value is -1.11. The van der Waals surface area contributed by atoms with E-state index in [2.05, 4.69) is 57.5 Å². The maximum absolute atomic E-state index is 4.37. The van der Waals surface area contributed by atoms with E-state index in [9.17, 15) is 0 Å². The Kier molecular flexibility index (Phi) is 4.92. The first kappa shape index (κ1) is 14.0. The fourth-order valence-corrected chi connectivity index (χ4v) is 2.13. The number of rotatable bonds is 4. The summed E-state index contributed by atoms with van der Waals surface area (Å²) in [7, 11) is 1.86. The zero-order valence-corrected chi connectivity index (χ0v) is 11.8. The Balaban J connectivity index is 2.94. The highest BCUT2D eigenvalue weighted by atomic mass is 14.7. The molecule has 0 heterocycles. The third kappa shape index (κ3) is 3.69. The van der Waals surface area contributed by atoms with E-state index in [1.807, 2.05) is 7.05 Å². The second kappa shape index (κ2) is 6.00. The Bertz CT molecular complexity index is 367. The highest BCUT2D eigenvalue weighted by molar-refractivity contribution is 6.01. The number of allylic oxidation sites excluding steroid dienone is 5. The predicted molar refractivity (Wildman–Crippen MR) is 77.5 cm³/mol. The molecule has 1 heteroatoms. The zero-order chi connectivity index (χ0) is 13.0. The van der Waals surface area contributed by atoms with Gasteiger partial charge in [0.2, 0.25) is 0 Å². The standard InChI is InChI=1S/C16H25N/c1-11(2)9-14-7-8-16(17-6)15(10-14)13(5)12(3)4/h7-8,10-12,15H,5,9H2,1-4,6H3. The summed E-state index contributed by atoms with van der Waals surface area (Å²) in [5.74, 6) is 1.50. The molecule has 1 nitrogen and oxygen atoms in total. The lowest BCUT2D eigenvalue weighted by Gasteiger charge is -2.24. The van der Waals surface area contributed by atoms with E-state index in [4.69, 9.17) is 0 Å². The van der Waals surface area contributed by atoms with Gasteiger partial charge in [0.1, 0.15) is 0 Å². The van der Waals surface area contributed by atoms with Crippen molar-refractivity contribution < 1.29 is 0 Å². The van der Waals surface area contributed by atoms with Crippen LogP contribution in [0.5, 0.6) is 0 Å². The summed E-state index contributed by atoms with van der Waals surface area (Å²) < 4.78 is 0. The summed E-state index contributed by atoms with van der Waals surface area (Å²) >= 11 is 0. The van der Waals surface area contributed by atoms with Crippen molar-refractivity contribution in [1.29, 1.82) is 0 Å². The van der Waals surface area contributed by atoms with Gasteiger partial charge in [0.15, 0.2) is 0 Å². The number of hydrogen-bond acceptors (Lipinski definition) is 1. The summed E-state index contributed by atoms with van der Waals surface area (Å²) in [5, 5.41) is 0. The first-order valence-corrected chi connectivity index (χ1v) is 6.49. The zero-order valence-electron chi connectivity index (χ0n) is 11.8. The highest BCUT2D eigenvalue weighted by Gasteiger charge is 2.20. The largest absolute Gasteiger partial charge is 0.292 e. The Labute approximate surface area is 106 Å². The fourth-order valence-electron chi connectivity index (χ4n) is 2.13. The first-order chi connectivity index (χ1) is 7.95. The van der Waals surface area contributed by atoms with Gasteiger partial charge in [-0.2, -0.15) is 0 Å². The van der Waals surface area contributed by atoms with Gasteiger partial charge in [-0.3, -0.25) is 4.99 Å². The highest BCUT2D eigenvalue weighted by Crippen LogP contribution is 2.28. The predicted octanol–water partition coefficient (Wildman–Crippen LogP) is 4.43. The van der Waals surface area contributed by atoms with Crippen LogP contribution in [0, 0.1) is 17.8 Å². The molecule has 0 bridgehead atoms. The van der Waals surface area contributed by atoms with E-state index in [0.29, 0.717) is 17.8 Å². The molecule has 0 amide bonds. The molecule has 0 aromatic carbocycles. The van der Waals surface area contributed by atoms with Crippen molar-refractivity contribution in [3.05, 3.63) is 36.0 Å². The van der Waals surface area contributed by atoms with Gasteiger partial charge < -0.3 is 0 Å². The Morgan fingerprint density at radius 2 is 1.94 bits per heavy atom. The van der Waals surface area contributed by atoms with Gasteiger partial charge in [-0.15, -0.1) is 0 Å². The average molecular weight is 231 g/mol. The normalized spacial score (nSPS) is 22.4. The molecular weight excluding hydrogens is 206 g/mol. The maximum Gasteiger partial charge on any atom is 0.0454 e. The lowest BCUT2D eigenvalue weighted by molar-refractivity contribution is 0.643. The van der Waals surface area contributed by atoms with Crippen LogP contribution < -0.4 is 0 Å². The molecule has 1 aliphatic carbocycles. The molecule has 0 saturated carbocycles. The molecule has 0 fully saturated rings. The molecule has 0 radical (unpaired) electrons. The molecule has 0 N–H and O–H groups in total. The number of nitrogens with zero attached hydrogens (tertiary/aromatic N) is 1. The molecule has 0 aliphatic heterocycles. The average Bonchev–Trinajstić information content (AvgIpc) is 2.27. The van der Waals surface area contributed by atoms with Crippen molar-refractivity contribution in [2.45, 2.75) is 34.1 Å². The molecule has 94 valence electrons. The minimum atomic E-state index is 0.304. The molecule has 1 unspecified atom stereocenters. The van der Waals surface area contributed by atoms with Crippen LogP contribution in [0.25, 0.3) is 0 Å². The van der Waals surface area contributed by atoms with E-state index in [0.717, 1.165) is 12.1 Å². The van der Waals surface area contributed by atoms with Crippen LogP contribution >= 0.6 is 0 Å². The van der Waals surface area contributed by atoms with Crippen molar-refractivity contribution in [2.24, 2.45) is 22.7 Å². The second-order valence-corrected chi connectivity index (χ2v) is 5.53. The minimum absolute atomic E-state index is 0.304. The fraction of sp³-hybridized carbons (Fsp3) is 0.562. The van der Waals surface area contributed by atoms with Crippen molar-refractivity contribution in [2.75, 3.05) is 7.05 Å². The van der Waals surface area contributed by atoms with E-state index in [1.165, 1.54) is 11.1 Å². The van der Waals surface area contributed by atoms with Crippen LogP contribution in [-0.2, 0) is 0 Å². The van der Waals surface area contributed by atoms with Crippen LogP contribution in [0.1, 0.15) is 34.1 Å². The molecule has 1 aliphatic rings. The van der Waals surface area contributed by atoms with Gasteiger partial charge >= 0.3 is 0 Å². The smallest absolute Gasteiger partial charge is 0.0454 e. The minimum Gasteiger partial charge on any atom is -0.292 e. The van der Waals surface area contributed by atoms with Crippen LogP contribution in [0.3, 0.4) is 0 Å². The molecule has 1 rings (SSSR count). The molecule has 0 spiro atoms. The van der Waals surface area contributed by atoms with Crippen molar-refractivity contribution in [3.63, 3.8) is 0 Å². The lowest BCUT2D eigenvalue weighted by Crippen LogP contribution is -2.19. The topological polar surface area (TPSA) is 12.4 Å². The SMILES string of the molecule is C=C(C(C)C)C1C=C(CC(C)C)C=CC1=NC. The molecular formula is C16H25N. The van der Waals surface area contributed by atoms with E-state index < -0.39 is 0 Å². The third-order valence-corrected chi connectivity index (χ3v) is 3.21. The molecule has 1 atom stereocenters. The van der Waals surface area contributed by atoms with Crippen molar-refractivity contribution >= 4 is 5.71 Å². The van der Waals surface area contributed by atoms with Gasteiger partial charge in [-0.1, -0.05) is 57.6 Å². The Morgan fingerprint density at radius 1 is 1.29 bits per heavy atom. The third-order valence-electron chi connectivity index (χ3n) is 3.21. The van der Waals surface area contributed by atoms with E-state index in [1.54, 1.807) is 0 Å². The quantitative estimate of drug-likeness (QED) is 0.635. The van der Waals surface area contributed by atoms with E-state index in [-0.39, 0.29) is 0 Å². The molecule has 0 aromatic heterocycles. The van der Waals surface area contributed by atoms with Crippen LogP contribution in [0.2, 0.25) is 0 Å². The number of hydrogen-bond donors (Lipinski definition) is 0. The first-order valence-electron chi connectivity index (χ1n) is 6.49. The molecule has 17 heavy (non-hydrogen) atoms. The summed E-state index contributed by atoms with van der Waals surface area (Å²) in [6.07, 6.45) is 7.82.